The highest BCUT2D eigenvalue weighted by molar-refractivity contribution is 6.64. The molecular weight excluding hydrogens is 231 g/mol. The number of fused-ring (bicyclic) bond motifs is 1. The van der Waals surface area contributed by atoms with Gasteiger partial charge in [-0.2, -0.15) is 0 Å². The van der Waals surface area contributed by atoms with Gasteiger partial charge in [0.05, 0.1) is 6.04 Å². The maximum atomic E-state index is 13.1. The molecule has 84 valence electrons. The molecule has 5 heteroatoms. The van der Waals surface area contributed by atoms with Crippen molar-refractivity contribution in [1.29, 1.82) is 0 Å². The van der Waals surface area contributed by atoms with Crippen LogP contribution in [0.3, 0.4) is 0 Å². The molecule has 0 spiro atoms. The van der Waals surface area contributed by atoms with Gasteiger partial charge in [0.2, 0.25) is 5.24 Å². The van der Waals surface area contributed by atoms with Gasteiger partial charge in [-0.25, -0.2) is 4.39 Å². The van der Waals surface area contributed by atoms with Gasteiger partial charge in [-0.3, -0.25) is 4.79 Å². The maximum Gasteiger partial charge on any atom is 0.238 e. The molecule has 2 rings (SSSR count). The van der Waals surface area contributed by atoms with Crippen molar-refractivity contribution in [2.45, 2.75) is 12.5 Å². The van der Waals surface area contributed by atoms with E-state index in [9.17, 15) is 9.18 Å². The zero-order chi connectivity index (χ0) is 11.7. The summed E-state index contributed by atoms with van der Waals surface area (Å²) in [4.78, 5) is 13.8. The molecule has 0 saturated heterocycles. The largest absolute Gasteiger partial charge is 0.361 e. The fraction of sp³-hybridized carbons (Fsp3) is 0.182. The lowest BCUT2D eigenvalue weighted by Crippen LogP contribution is -2.29. The van der Waals surface area contributed by atoms with Crippen molar-refractivity contribution in [3.63, 3.8) is 0 Å². The number of halogens is 2. The van der Waals surface area contributed by atoms with Gasteiger partial charge in [-0.1, -0.05) is 0 Å². The van der Waals surface area contributed by atoms with Gasteiger partial charge < -0.3 is 10.7 Å². The van der Waals surface area contributed by atoms with Crippen LogP contribution >= 0.6 is 11.6 Å². The van der Waals surface area contributed by atoms with Gasteiger partial charge in [0.25, 0.3) is 0 Å². The lowest BCUT2D eigenvalue weighted by atomic mass is 10.1. The topological polar surface area (TPSA) is 58.9 Å². The Hall–Kier alpha value is -1.39. The first-order valence-electron chi connectivity index (χ1n) is 4.78. The van der Waals surface area contributed by atoms with Crippen LogP contribution in [-0.2, 0) is 11.2 Å². The summed E-state index contributed by atoms with van der Waals surface area (Å²) in [5, 5.41) is 0.138. The molecule has 0 aliphatic carbocycles. The van der Waals surface area contributed by atoms with E-state index in [2.05, 4.69) is 4.98 Å². The van der Waals surface area contributed by atoms with E-state index in [0.29, 0.717) is 6.42 Å². The molecular formula is C11H10ClFN2O. The van der Waals surface area contributed by atoms with E-state index in [1.165, 1.54) is 12.1 Å². The molecule has 3 N–H and O–H groups in total. The van der Waals surface area contributed by atoms with E-state index in [1.54, 1.807) is 12.3 Å². The molecule has 0 unspecified atom stereocenters. The first kappa shape index (κ1) is 11.1. The Balaban J connectivity index is 2.37. The number of aromatic amines is 1. The van der Waals surface area contributed by atoms with Crippen LogP contribution in [0, 0.1) is 5.82 Å². The Bertz CT molecular complexity index is 538. The molecule has 0 bridgehead atoms. The zero-order valence-electron chi connectivity index (χ0n) is 8.34. The summed E-state index contributed by atoms with van der Waals surface area (Å²) in [5.41, 5.74) is 7.15. The fourth-order valence-corrected chi connectivity index (χ4v) is 1.71. The average molecular weight is 241 g/mol. The quantitative estimate of drug-likeness (QED) is 0.806. The molecule has 0 aliphatic heterocycles. The van der Waals surface area contributed by atoms with Crippen LogP contribution in [0.15, 0.2) is 24.4 Å². The third-order valence-corrected chi connectivity index (χ3v) is 2.74. The maximum absolute atomic E-state index is 13.1. The normalized spacial score (nSPS) is 12.9. The van der Waals surface area contributed by atoms with Crippen molar-refractivity contribution in [2.24, 2.45) is 5.73 Å². The molecule has 1 heterocycles. The molecule has 0 saturated carbocycles. The van der Waals surface area contributed by atoms with Crippen LogP contribution in [0.5, 0.6) is 0 Å². The monoisotopic (exact) mass is 240 g/mol. The molecule has 1 atom stereocenters. The van der Waals surface area contributed by atoms with Crippen LogP contribution in [0.2, 0.25) is 0 Å². The Kier molecular flexibility index (Phi) is 2.94. The number of carbonyl (C=O) groups excluding carboxylic acids is 1. The Morgan fingerprint density at radius 1 is 1.56 bits per heavy atom. The summed E-state index contributed by atoms with van der Waals surface area (Å²) in [6, 6.07) is 3.66. The predicted molar refractivity (Wildman–Crippen MR) is 60.8 cm³/mol. The van der Waals surface area contributed by atoms with Crippen LogP contribution in [0.25, 0.3) is 10.9 Å². The highest BCUT2D eigenvalue weighted by atomic mass is 35.5. The van der Waals surface area contributed by atoms with Crippen molar-refractivity contribution in [3.8, 4) is 0 Å². The van der Waals surface area contributed by atoms with Crippen molar-refractivity contribution >= 4 is 27.7 Å². The van der Waals surface area contributed by atoms with E-state index >= 15 is 0 Å². The average Bonchev–Trinajstić information content (AvgIpc) is 2.61. The van der Waals surface area contributed by atoms with Gasteiger partial charge in [0.15, 0.2) is 0 Å². The van der Waals surface area contributed by atoms with Crippen molar-refractivity contribution in [3.05, 3.63) is 35.8 Å². The molecule has 1 aromatic carbocycles. The minimum Gasteiger partial charge on any atom is -0.361 e. The summed E-state index contributed by atoms with van der Waals surface area (Å²) < 4.78 is 13.1. The molecule has 0 radical (unpaired) electrons. The number of carbonyl (C=O) groups is 1. The second-order valence-corrected chi connectivity index (χ2v) is 3.99. The van der Waals surface area contributed by atoms with Gasteiger partial charge >= 0.3 is 0 Å². The first-order chi connectivity index (χ1) is 7.58. The smallest absolute Gasteiger partial charge is 0.238 e. The van der Waals surface area contributed by atoms with E-state index in [-0.39, 0.29) is 5.82 Å². The molecule has 2 aromatic rings. The molecule has 0 aliphatic rings. The summed E-state index contributed by atoms with van der Waals surface area (Å²) in [6.45, 7) is 0. The lowest BCUT2D eigenvalue weighted by molar-refractivity contribution is -0.112. The van der Waals surface area contributed by atoms with Crippen LogP contribution < -0.4 is 5.73 Å². The Morgan fingerprint density at radius 3 is 3.00 bits per heavy atom. The third-order valence-electron chi connectivity index (χ3n) is 2.46. The summed E-state index contributed by atoms with van der Waals surface area (Å²) in [6.07, 6.45) is 2.01. The number of hydrogen-bond donors (Lipinski definition) is 2. The van der Waals surface area contributed by atoms with Crippen molar-refractivity contribution in [2.75, 3.05) is 0 Å². The summed E-state index contributed by atoms with van der Waals surface area (Å²) in [7, 11) is 0. The number of nitrogens with two attached hydrogens (primary N) is 1. The molecule has 0 fully saturated rings. The Morgan fingerprint density at radius 2 is 2.31 bits per heavy atom. The van der Waals surface area contributed by atoms with Gasteiger partial charge in [0.1, 0.15) is 5.82 Å². The third kappa shape index (κ3) is 2.08. The zero-order valence-corrected chi connectivity index (χ0v) is 9.09. The standard InChI is InChI=1S/C11H10ClFN2O/c12-11(16)9(14)3-6-5-15-10-2-1-7(13)4-8(6)10/h1-2,4-5,9,15H,3,14H2/t9-/m0/s1. The number of hydrogen-bond acceptors (Lipinski definition) is 2. The van der Waals surface area contributed by atoms with Crippen LogP contribution in [-0.4, -0.2) is 16.3 Å². The summed E-state index contributed by atoms with van der Waals surface area (Å²) >= 11 is 5.28. The Labute approximate surface area is 96.4 Å². The number of rotatable bonds is 3. The number of benzene rings is 1. The van der Waals surface area contributed by atoms with Gasteiger partial charge in [-0.15, -0.1) is 0 Å². The minimum atomic E-state index is -0.760. The van der Waals surface area contributed by atoms with Crippen LogP contribution in [0.1, 0.15) is 5.56 Å². The predicted octanol–water partition coefficient (Wildman–Crippen LogP) is 1.94. The minimum absolute atomic E-state index is 0.297. The molecule has 1 aromatic heterocycles. The molecule has 0 amide bonds. The van der Waals surface area contributed by atoms with E-state index in [4.69, 9.17) is 17.3 Å². The van der Waals surface area contributed by atoms with Crippen LogP contribution in [0.4, 0.5) is 4.39 Å². The SMILES string of the molecule is N[C@@H](Cc1c[nH]c2ccc(F)cc12)C(=O)Cl. The second-order valence-electron chi connectivity index (χ2n) is 3.62. The number of aromatic nitrogens is 1. The van der Waals surface area contributed by atoms with Gasteiger partial charge in [0, 0.05) is 17.1 Å². The molecule has 16 heavy (non-hydrogen) atoms. The highest BCUT2D eigenvalue weighted by Crippen LogP contribution is 2.20. The molecule has 3 nitrogen and oxygen atoms in total. The first-order valence-corrected chi connectivity index (χ1v) is 5.16. The van der Waals surface area contributed by atoms with E-state index in [0.717, 1.165) is 16.5 Å². The highest BCUT2D eigenvalue weighted by Gasteiger charge is 2.14. The van der Waals surface area contributed by atoms with E-state index < -0.39 is 11.3 Å². The van der Waals surface area contributed by atoms with Crippen molar-refractivity contribution < 1.29 is 9.18 Å². The number of nitrogens with one attached hydrogen (secondary N) is 1. The summed E-state index contributed by atoms with van der Waals surface area (Å²) in [5.74, 6) is -0.320. The lowest BCUT2D eigenvalue weighted by Gasteiger charge is -2.04. The van der Waals surface area contributed by atoms with Gasteiger partial charge in [-0.05, 0) is 41.8 Å². The van der Waals surface area contributed by atoms with E-state index in [1.807, 2.05) is 0 Å². The van der Waals surface area contributed by atoms with Crippen molar-refractivity contribution in [1.82, 2.24) is 4.98 Å². The fourth-order valence-electron chi connectivity index (χ4n) is 1.64. The second kappa shape index (κ2) is 4.23. The number of H-pyrrole nitrogens is 1.